The predicted octanol–water partition coefficient (Wildman–Crippen LogP) is 3.21. The van der Waals surface area contributed by atoms with Gasteiger partial charge in [0.1, 0.15) is 0 Å². The Labute approximate surface area is 88.5 Å². The molecule has 0 fully saturated rings. The second-order valence-electron chi connectivity index (χ2n) is 2.20. The normalized spacial score (nSPS) is 15.9. The van der Waals surface area contributed by atoms with Gasteiger partial charge in [0.2, 0.25) is 3.79 Å². The number of rotatable bonds is 0. The largest absolute Gasteiger partial charge is 0.430 e. The number of hydrogen-bond acceptors (Lipinski definition) is 1. The zero-order valence-electron chi connectivity index (χ0n) is 5.85. The standard InChI is InChI=1S/C4HCl3F6O/c5-2(6,7)1(14,3(8,9)10)4(11,12)13/h14H. The van der Waals surface area contributed by atoms with Crippen LogP contribution in [-0.2, 0) is 0 Å². The molecule has 0 heterocycles. The molecule has 0 aliphatic heterocycles. The van der Waals surface area contributed by atoms with Crippen molar-refractivity contribution in [3.63, 3.8) is 0 Å². The van der Waals surface area contributed by atoms with Gasteiger partial charge < -0.3 is 5.11 Å². The maximum atomic E-state index is 11.9. The fourth-order valence-corrected chi connectivity index (χ4v) is 1.13. The van der Waals surface area contributed by atoms with Crippen molar-refractivity contribution < 1.29 is 31.4 Å². The average Bonchev–Trinajstić information content (AvgIpc) is 1.77. The fraction of sp³-hybridized carbons (Fsp3) is 1.00. The zero-order chi connectivity index (χ0) is 12.0. The first-order valence-electron chi connectivity index (χ1n) is 2.67. The highest BCUT2D eigenvalue weighted by molar-refractivity contribution is 6.68. The van der Waals surface area contributed by atoms with Gasteiger partial charge >= 0.3 is 18.0 Å². The number of alkyl halides is 9. The minimum absolute atomic E-state index is 3.95. The van der Waals surface area contributed by atoms with E-state index >= 15 is 0 Å². The van der Waals surface area contributed by atoms with Crippen molar-refractivity contribution in [1.82, 2.24) is 0 Å². The van der Waals surface area contributed by atoms with Crippen LogP contribution >= 0.6 is 34.8 Å². The van der Waals surface area contributed by atoms with E-state index in [9.17, 15) is 26.3 Å². The highest BCUT2D eigenvalue weighted by Gasteiger charge is 2.79. The van der Waals surface area contributed by atoms with Gasteiger partial charge in [0.25, 0.3) is 0 Å². The van der Waals surface area contributed by atoms with Gasteiger partial charge in [0.15, 0.2) is 0 Å². The summed E-state index contributed by atoms with van der Waals surface area (Å²) in [6.45, 7) is 0. The molecule has 0 aliphatic carbocycles. The molecule has 0 radical (unpaired) electrons. The lowest BCUT2D eigenvalue weighted by atomic mass is 10.1. The van der Waals surface area contributed by atoms with E-state index in [0.29, 0.717) is 0 Å². The fourth-order valence-electron chi connectivity index (χ4n) is 0.482. The van der Waals surface area contributed by atoms with Gasteiger partial charge in [-0.05, 0) is 0 Å². The monoisotopic (exact) mass is 284 g/mol. The second-order valence-corrected chi connectivity index (χ2v) is 4.48. The number of hydrogen-bond donors (Lipinski definition) is 1. The summed E-state index contributed by atoms with van der Waals surface area (Å²) >= 11 is 13.4. The van der Waals surface area contributed by atoms with E-state index in [1.54, 1.807) is 0 Å². The molecule has 1 nitrogen and oxygen atoms in total. The van der Waals surface area contributed by atoms with Crippen molar-refractivity contribution in [2.24, 2.45) is 0 Å². The van der Waals surface area contributed by atoms with E-state index in [1.807, 2.05) is 0 Å². The molecule has 0 aromatic heterocycles. The van der Waals surface area contributed by atoms with Crippen LogP contribution in [0.2, 0.25) is 0 Å². The van der Waals surface area contributed by atoms with Gasteiger partial charge in [-0.3, -0.25) is 0 Å². The molecule has 0 rings (SSSR count). The molecule has 0 aliphatic rings. The summed E-state index contributed by atoms with van der Waals surface area (Å²) in [5.41, 5.74) is -5.39. The van der Waals surface area contributed by atoms with E-state index in [1.165, 1.54) is 0 Å². The Morgan fingerprint density at radius 3 is 0.929 bits per heavy atom. The lowest BCUT2D eigenvalue weighted by Crippen LogP contribution is -2.64. The first-order chi connectivity index (χ1) is 5.75. The van der Waals surface area contributed by atoms with Gasteiger partial charge in [0, 0.05) is 0 Å². The van der Waals surface area contributed by atoms with Crippen molar-refractivity contribution in [1.29, 1.82) is 0 Å². The molecule has 0 saturated carbocycles. The molecule has 1 N–H and O–H groups in total. The molecular formula is C4HCl3F6O. The summed E-state index contributed by atoms with van der Waals surface area (Å²) in [5, 5.41) is 8.38. The SMILES string of the molecule is OC(C(F)(F)F)(C(F)(F)F)C(Cl)(Cl)Cl. The van der Waals surface area contributed by atoms with Crippen molar-refractivity contribution in [3.8, 4) is 0 Å². The van der Waals surface area contributed by atoms with Crippen molar-refractivity contribution >= 4 is 34.8 Å². The molecule has 86 valence electrons. The molecule has 14 heavy (non-hydrogen) atoms. The van der Waals surface area contributed by atoms with Gasteiger partial charge in [-0.2, -0.15) is 26.3 Å². The lowest BCUT2D eigenvalue weighted by molar-refractivity contribution is -0.366. The van der Waals surface area contributed by atoms with Crippen molar-refractivity contribution in [2.45, 2.75) is 21.7 Å². The Bertz CT molecular complexity index is 179. The molecule has 10 heteroatoms. The van der Waals surface area contributed by atoms with Crippen LogP contribution in [0.4, 0.5) is 26.3 Å². The molecular weight excluding hydrogens is 284 g/mol. The Morgan fingerprint density at radius 1 is 0.714 bits per heavy atom. The van der Waals surface area contributed by atoms with Gasteiger partial charge in [-0.15, -0.1) is 0 Å². The first-order valence-corrected chi connectivity index (χ1v) is 3.81. The molecule has 0 unspecified atom stereocenters. The van der Waals surface area contributed by atoms with Crippen LogP contribution in [0.5, 0.6) is 0 Å². The quantitative estimate of drug-likeness (QED) is 0.535. The molecule has 0 amide bonds. The van der Waals surface area contributed by atoms with Crippen LogP contribution in [0.1, 0.15) is 0 Å². The average molecular weight is 285 g/mol. The Hall–Kier alpha value is 0.410. The van der Waals surface area contributed by atoms with E-state index in [4.69, 9.17) is 5.11 Å². The van der Waals surface area contributed by atoms with Gasteiger partial charge in [-0.25, -0.2) is 0 Å². The molecule has 0 spiro atoms. The third-order valence-electron chi connectivity index (χ3n) is 1.23. The smallest absolute Gasteiger partial charge is 0.370 e. The molecule has 0 atom stereocenters. The predicted molar refractivity (Wildman–Crippen MR) is 37.3 cm³/mol. The molecule has 0 aromatic carbocycles. The van der Waals surface area contributed by atoms with Crippen LogP contribution in [0.15, 0.2) is 0 Å². The zero-order valence-corrected chi connectivity index (χ0v) is 8.12. The van der Waals surface area contributed by atoms with Crippen LogP contribution in [0.25, 0.3) is 0 Å². The minimum Gasteiger partial charge on any atom is -0.370 e. The molecule has 0 saturated heterocycles. The summed E-state index contributed by atoms with van der Waals surface area (Å²) in [6.07, 6.45) is -12.3. The molecule has 0 aromatic rings. The van der Waals surface area contributed by atoms with E-state index in [0.717, 1.165) is 0 Å². The maximum Gasteiger partial charge on any atom is 0.430 e. The van der Waals surface area contributed by atoms with Crippen LogP contribution in [0.3, 0.4) is 0 Å². The Balaban J connectivity index is 5.54. The van der Waals surface area contributed by atoms with Crippen LogP contribution in [-0.4, -0.2) is 26.9 Å². The van der Waals surface area contributed by atoms with E-state index in [-0.39, 0.29) is 0 Å². The Kier molecular flexibility index (Phi) is 3.57. The Morgan fingerprint density at radius 2 is 0.929 bits per heavy atom. The molecule has 0 bridgehead atoms. The third-order valence-corrected chi connectivity index (χ3v) is 2.05. The topological polar surface area (TPSA) is 20.2 Å². The number of halogens is 9. The van der Waals surface area contributed by atoms with Crippen molar-refractivity contribution in [2.75, 3.05) is 0 Å². The summed E-state index contributed by atoms with van der Waals surface area (Å²) in [7, 11) is 0. The minimum atomic E-state index is -6.14. The highest BCUT2D eigenvalue weighted by atomic mass is 35.6. The van der Waals surface area contributed by atoms with Gasteiger partial charge in [0.05, 0.1) is 0 Å². The summed E-state index contributed by atoms with van der Waals surface area (Å²) < 4.78 is 67.3. The first kappa shape index (κ1) is 14.4. The third kappa shape index (κ3) is 2.15. The summed E-state index contributed by atoms with van der Waals surface area (Å²) in [4.78, 5) is 0. The van der Waals surface area contributed by atoms with E-state index < -0.39 is 21.7 Å². The second kappa shape index (κ2) is 3.47. The number of aliphatic hydroxyl groups is 1. The highest BCUT2D eigenvalue weighted by Crippen LogP contribution is 2.55. The van der Waals surface area contributed by atoms with Crippen LogP contribution in [0, 0.1) is 0 Å². The maximum absolute atomic E-state index is 11.9. The van der Waals surface area contributed by atoms with Crippen LogP contribution < -0.4 is 0 Å². The van der Waals surface area contributed by atoms with Crippen molar-refractivity contribution in [3.05, 3.63) is 0 Å². The van der Waals surface area contributed by atoms with E-state index in [2.05, 4.69) is 34.8 Å². The lowest BCUT2D eigenvalue weighted by Gasteiger charge is -2.36. The summed E-state index contributed by atoms with van der Waals surface area (Å²) in [6, 6.07) is 0. The summed E-state index contributed by atoms with van der Waals surface area (Å²) in [5.74, 6) is 0. The van der Waals surface area contributed by atoms with Gasteiger partial charge in [-0.1, -0.05) is 34.8 Å².